The van der Waals surface area contributed by atoms with Crippen LogP contribution < -0.4 is 0 Å². The van der Waals surface area contributed by atoms with E-state index >= 15 is 0 Å². The molecule has 1 rings (SSSR count). The number of carbonyl (C=O) groups excluding carboxylic acids is 1. The summed E-state index contributed by atoms with van der Waals surface area (Å²) in [6.07, 6.45) is 12.2. The summed E-state index contributed by atoms with van der Waals surface area (Å²) >= 11 is 5.65. The average Bonchev–Trinajstić information content (AvgIpc) is 2.55. The summed E-state index contributed by atoms with van der Waals surface area (Å²) in [6.45, 7) is 2.56. The van der Waals surface area contributed by atoms with Crippen LogP contribution in [0.4, 0.5) is 4.39 Å². The third kappa shape index (κ3) is 8.36. The zero-order chi connectivity index (χ0) is 16.9. The van der Waals surface area contributed by atoms with Crippen molar-refractivity contribution in [2.24, 2.45) is 0 Å². The van der Waals surface area contributed by atoms with E-state index in [1.807, 2.05) is 0 Å². The number of unbranched alkanes of at least 4 members (excludes halogenated alkanes) is 9. The lowest BCUT2D eigenvalue weighted by molar-refractivity contribution is 0.0492. The van der Waals surface area contributed by atoms with E-state index in [1.54, 1.807) is 6.07 Å². The molecule has 0 bridgehead atoms. The Hall–Kier alpha value is -1.09. The Kier molecular flexibility index (Phi) is 10.7. The van der Waals surface area contributed by atoms with Gasteiger partial charge in [-0.05, 0) is 18.6 Å². The van der Waals surface area contributed by atoms with Crippen LogP contribution in [0.25, 0.3) is 0 Å². The molecule has 0 unspecified atom stereocenters. The number of carbonyl (C=O) groups is 1. The molecule has 0 atom stereocenters. The summed E-state index contributed by atoms with van der Waals surface area (Å²) in [5, 5.41) is -0.0570. The van der Waals surface area contributed by atoms with Gasteiger partial charge in [0, 0.05) is 0 Å². The van der Waals surface area contributed by atoms with Crippen molar-refractivity contribution in [2.75, 3.05) is 6.61 Å². The highest BCUT2D eigenvalue weighted by Gasteiger charge is 2.14. The molecule has 0 fully saturated rings. The van der Waals surface area contributed by atoms with Crippen LogP contribution in [0.1, 0.15) is 81.5 Å². The van der Waals surface area contributed by atoms with E-state index in [9.17, 15) is 9.18 Å². The molecule has 0 heterocycles. The first-order chi connectivity index (χ1) is 11.2. The van der Waals surface area contributed by atoms with Crippen LogP contribution in [0.5, 0.6) is 0 Å². The van der Waals surface area contributed by atoms with Gasteiger partial charge in [0.25, 0.3) is 0 Å². The molecule has 0 saturated heterocycles. The van der Waals surface area contributed by atoms with Gasteiger partial charge in [-0.2, -0.15) is 0 Å². The zero-order valence-corrected chi connectivity index (χ0v) is 14.8. The number of esters is 1. The van der Waals surface area contributed by atoms with E-state index in [4.69, 9.17) is 16.3 Å². The highest BCUT2D eigenvalue weighted by Crippen LogP contribution is 2.18. The number of ether oxygens (including phenoxy) is 1. The molecule has 0 radical (unpaired) electrons. The Bertz CT molecular complexity index is 463. The Morgan fingerprint density at radius 3 is 2.17 bits per heavy atom. The second-order valence-corrected chi connectivity index (χ2v) is 6.33. The number of benzene rings is 1. The van der Waals surface area contributed by atoms with Crippen molar-refractivity contribution in [2.45, 2.75) is 71.1 Å². The molecule has 0 amide bonds. The normalized spacial score (nSPS) is 10.7. The third-order valence-corrected chi connectivity index (χ3v) is 4.19. The minimum atomic E-state index is -0.706. The van der Waals surface area contributed by atoms with Gasteiger partial charge in [0.1, 0.15) is 0 Å². The fourth-order valence-corrected chi connectivity index (χ4v) is 2.67. The van der Waals surface area contributed by atoms with E-state index in [0.717, 1.165) is 19.3 Å². The molecule has 1 aromatic rings. The van der Waals surface area contributed by atoms with Crippen molar-refractivity contribution in [3.05, 3.63) is 34.6 Å². The van der Waals surface area contributed by atoms with E-state index in [2.05, 4.69) is 6.92 Å². The molecule has 0 aromatic heterocycles. The van der Waals surface area contributed by atoms with Crippen molar-refractivity contribution in [3.8, 4) is 0 Å². The average molecular weight is 343 g/mol. The van der Waals surface area contributed by atoms with Crippen LogP contribution in [0.2, 0.25) is 5.02 Å². The van der Waals surface area contributed by atoms with Gasteiger partial charge in [-0.15, -0.1) is 0 Å². The molecule has 4 heteroatoms. The second kappa shape index (κ2) is 12.3. The van der Waals surface area contributed by atoms with Gasteiger partial charge in [0.15, 0.2) is 5.82 Å². The topological polar surface area (TPSA) is 26.3 Å². The summed E-state index contributed by atoms with van der Waals surface area (Å²) in [4.78, 5) is 11.8. The number of hydrogen-bond donors (Lipinski definition) is 0. The number of hydrogen-bond acceptors (Lipinski definition) is 2. The summed E-state index contributed by atoms with van der Waals surface area (Å²) < 4.78 is 18.7. The van der Waals surface area contributed by atoms with Gasteiger partial charge in [0.2, 0.25) is 0 Å². The standard InChI is InChI=1S/C19H28ClFO2/c1-2-3-4-5-6-7-8-9-10-11-15-23-19(22)16-13-12-14-17(20)18(16)21/h12-14H,2-11,15H2,1H3. The van der Waals surface area contributed by atoms with Crippen LogP contribution in [0.3, 0.4) is 0 Å². The first-order valence-electron chi connectivity index (χ1n) is 8.78. The first-order valence-corrected chi connectivity index (χ1v) is 9.15. The minimum absolute atomic E-state index is 0.0570. The predicted octanol–water partition coefficient (Wildman–Crippen LogP) is 6.56. The molecular weight excluding hydrogens is 315 g/mol. The van der Waals surface area contributed by atoms with Crippen molar-refractivity contribution in [1.82, 2.24) is 0 Å². The maximum Gasteiger partial charge on any atom is 0.341 e. The zero-order valence-electron chi connectivity index (χ0n) is 14.1. The maximum absolute atomic E-state index is 13.6. The van der Waals surface area contributed by atoms with Crippen molar-refractivity contribution >= 4 is 17.6 Å². The van der Waals surface area contributed by atoms with Crippen molar-refractivity contribution in [3.63, 3.8) is 0 Å². The highest BCUT2D eigenvalue weighted by atomic mass is 35.5. The number of halogens is 2. The quantitative estimate of drug-likeness (QED) is 0.317. The highest BCUT2D eigenvalue weighted by molar-refractivity contribution is 6.31. The van der Waals surface area contributed by atoms with E-state index < -0.39 is 11.8 Å². The van der Waals surface area contributed by atoms with Gasteiger partial charge < -0.3 is 4.74 Å². The summed E-state index contributed by atoms with van der Waals surface area (Å²) in [7, 11) is 0. The SMILES string of the molecule is CCCCCCCCCCCCOC(=O)c1cccc(Cl)c1F. The maximum atomic E-state index is 13.6. The van der Waals surface area contributed by atoms with Gasteiger partial charge in [-0.1, -0.05) is 82.4 Å². The van der Waals surface area contributed by atoms with Gasteiger partial charge in [0.05, 0.1) is 17.2 Å². The summed E-state index contributed by atoms with van der Waals surface area (Å²) in [5.74, 6) is -1.34. The molecule has 2 nitrogen and oxygen atoms in total. The smallest absolute Gasteiger partial charge is 0.341 e. The molecule has 0 aliphatic carbocycles. The van der Waals surface area contributed by atoms with Gasteiger partial charge >= 0.3 is 5.97 Å². The minimum Gasteiger partial charge on any atom is -0.462 e. The van der Waals surface area contributed by atoms with Crippen LogP contribution in [-0.2, 0) is 4.74 Å². The van der Waals surface area contributed by atoms with Gasteiger partial charge in [-0.3, -0.25) is 0 Å². The van der Waals surface area contributed by atoms with Crippen LogP contribution in [-0.4, -0.2) is 12.6 Å². The van der Waals surface area contributed by atoms with Crippen molar-refractivity contribution < 1.29 is 13.9 Å². The Morgan fingerprint density at radius 1 is 1.00 bits per heavy atom. The van der Waals surface area contributed by atoms with E-state index in [-0.39, 0.29) is 10.6 Å². The largest absolute Gasteiger partial charge is 0.462 e. The third-order valence-electron chi connectivity index (χ3n) is 3.90. The lowest BCUT2D eigenvalue weighted by Crippen LogP contribution is -2.08. The molecule has 1 aromatic carbocycles. The van der Waals surface area contributed by atoms with Crippen molar-refractivity contribution in [1.29, 1.82) is 0 Å². The van der Waals surface area contributed by atoms with Crippen LogP contribution in [0.15, 0.2) is 18.2 Å². The Balaban J connectivity index is 2.03. The molecule has 0 N–H and O–H groups in total. The number of rotatable bonds is 12. The molecule has 0 saturated carbocycles. The van der Waals surface area contributed by atoms with E-state index in [1.165, 1.54) is 57.1 Å². The van der Waals surface area contributed by atoms with Gasteiger partial charge in [-0.25, -0.2) is 9.18 Å². The van der Waals surface area contributed by atoms with E-state index in [0.29, 0.717) is 6.61 Å². The molecule has 0 aliphatic heterocycles. The Morgan fingerprint density at radius 2 is 1.57 bits per heavy atom. The molecule has 130 valence electrons. The lowest BCUT2D eigenvalue weighted by atomic mass is 10.1. The fourth-order valence-electron chi connectivity index (χ4n) is 2.49. The molecular formula is C19H28ClFO2. The predicted molar refractivity (Wildman–Crippen MR) is 93.5 cm³/mol. The van der Waals surface area contributed by atoms with Crippen LogP contribution >= 0.6 is 11.6 Å². The Labute approximate surface area is 144 Å². The second-order valence-electron chi connectivity index (χ2n) is 5.92. The monoisotopic (exact) mass is 342 g/mol. The molecule has 23 heavy (non-hydrogen) atoms. The molecule has 0 aliphatic rings. The fraction of sp³-hybridized carbons (Fsp3) is 0.632. The lowest BCUT2D eigenvalue weighted by Gasteiger charge is -2.06. The first kappa shape index (κ1) is 20.0. The van der Waals surface area contributed by atoms with Crippen LogP contribution in [0, 0.1) is 5.82 Å². The molecule has 0 spiro atoms. The summed E-state index contributed by atoms with van der Waals surface area (Å²) in [5.41, 5.74) is -0.0930. The summed E-state index contributed by atoms with van der Waals surface area (Å²) in [6, 6.07) is 4.35.